The Morgan fingerprint density at radius 1 is 1.33 bits per heavy atom. The number of rotatable bonds is 7. The fourth-order valence-corrected chi connectivity index (χ4v) is 2.99. The first kappa shape index (κ1) is 15.4. The monoisotopic (exact) mass is 304 g/mol. The summed E-state index contributed by atoms with van der Waals surface area (Å²) >= 11 is 1.74. The van der Waals surface area contributed by atoms with E-state index in [9.17, 15) is 4.79 Å². The molecule has 21 heavy (non-hydrogen) atoms. The summed E-state index contributed by atoms with van der Waals surface area (Å²) in [4.78, 5) is 12.1. The average Bonchev–Trinajstić information content (AvgIpc) is 2.96. The van der Waals surface area contributed by atoms with Gasteiger partial charge >= 0.3 is 0 Å². The topological polar surface area (TPSA) is 64.3 Å². The van der Waals surface area contributed by atoms with Gasteiger partial charge in [-0.2, -0.15) is 0 Å². The second-order valence-corrected chi connectivity index (χ2v) is 6.14. The number of thiophene rings is 1. The van der Waals surface area contributed by atoms with Gasteiger partial charge in [-0.3, -0.25) is 4.79 Å². The predicted octanol–water partition coefficient (Wildman–Crippen LogP) is 3.42. The molecule has 1 unspecified atom stereocenters. The Bertz CT molecular complexity index is 582. The highest BCUT2D eigenvalue weighted by Crippen LogP contribution is 2.30. The van der Waals surface area contributed by atoms with Crippen molar-refractivity contribution in [3.63, 3.8) is 0 Å². The molecule has 0 fully saturated rings. The van der Waals surface area contributed by atoms with Gasteiger partial charge < -0.3 is 15.8 Å². The van der Waals surface area contributed by atoms with Gasteiger partial charge in [-0.05, 0) is 29.5 Å². The van der Waals surface area contributed by atoms with Crippen molar-refractivity contribution in [1.82, 2.24) is 0 Å². The van der Waals surface area contributed by atoms with Crippen molar-refractivity contribution in [3.8, 4) is 5.75 Å². The molecule has 0 saturated carbocycles. The Morgan fingerprint density at radius 2 is 2.14 bits per heavy atom. The largest absolute Gasteiger partial charge is 0.484 e. The van der Waals surface area contributed by atoms with E-state index in [1.165, 1.54) is 4.88 Å². The van der Waals surface area contributed by atoms with Gasteiger partial charge in [-0.1, -0.05) is 26.0 Å². The summed E-state index contributed by atoms with van der Waals surface area (Å²) in [6.07, 6.45) is 0. The molecular weight excluding hydrogens is 284 g/mol. The fraction of sp³-hybridized carbons (Fsp3) is 0.312. The van der Waals surface area contributed by atoms with Crippen LogP contribution in [-0.4, -0.2) is 12.5 Å². The van der Waals surface area contributed by atoms with Crippen molar-refractivity contribution < 1.29 is 9.53 Å². The van der Waals surface area contributed by atoms with Crippen molar-refractivity contribution in [2.24, 2.45) is 11.7 Å². The average molecular weight is 304 g/mol. The third kappa shape index (κ3) is 4.49. The zero-order chi connectivity index (χ0) is 15.2. The number of nitrogens with two attached hydrogens (primary N) is 1. The number of ether oxygens (including phenoxy) is 1. The van der Waals surface area contributed by atoms with Gasteiger partial charge in [0, 0.05) is 16.6 Å². The lowest BCUT2D eigenvalue weighted by molar-refractivity contribution is -0.119. The van der Waals surface area contributed by atoms with Crippen LogP contribution in [0.15, 0.2) is 41.8 Å². The molecule has 0 radical (unpaired) electrons. The number of primary amides is 1. The van der Waals surface area contributed by atoms with Gasteiger partial charge in [0.2, 0.25) is 0 Å². The van der Waals surface area contributed by atoms with Gasteiger partial charge in [0.25, 0.3) is 5.91 Å². The summed E-state index contributed by atoms with van der Waals surface area (Å²) in [5.74, 6) is 0.610. The van der Waals surface area contributed by atoms with Crippen LogP contribution in [0.2, 0.25) is 0 Å². The van der Waals surface area contributed by atoms with E-state index in [0.29, 0.717) is 11.7 Å². The maximum Gasteiger partial charge on any atom is 0.255 e. The van der Waals surface area contributed by atoms with E-state index in [-0.39, 0.29) is 12.6 Å². The first-order valence-corrected chi connectivity index (χ1v) is 7.75. The zero-order valence-corrected chi connectivity index (χ0v) is 13.0. The van der Waals surface area contributed by atoms with E-state index >= 15 is 0 Å². The SMILES string of the molecule is CC(C)C(Nc1cccc(OCC(N)=O)c1)c1cccs1. The van der Waals surface area contributed by atoms with Crippen LogP contribution in [0, 0.1) is 5.92 Å². The molecule has 5 heteroatoms. The van der Waals surface area contributed by atoms with Crippen LogP contribution in [0.4, 0.5) is 5.69 Å². The third-order valence-electron chi connectivity index (χ3n) is 3.05. The molecule has 2 aromatic rings. The molecule has 0 aliphatic rings. The van der Waals surface area contributed by atoms with Gasteiger partial charge in [-0.15, -0.1) is 11.3 Å². The second kappa shape index (κ2) is 7.13. The van der Waals surface area contributed by atoms with Crippen molar-refractivity contribution in [3.05, 3.63) is 46.7 Å². The van der Waals surface area contributed by atoms with Crippen LogP contribution < -0.4 is 15.8 Å². The number of amides is 1. The van der Waals surface area contributed by atoms with Crippen molar-refractivity contribution in [1.29, 1.82) is 0 Å². The van der Waals surface area contributed by atoms with Crippen LogP contribution in [0.3, 0.4) is 0 Å². The Labute approximate surface area is 128 Å². The minimum atomic E-state index is -0.480. The molecule has 0 aliphatic heterocycles. The van der Waals surface area contributed by atoms with Crippen LogP contribution in [-0.2, 0) is 4.79 Å². The summed E-state index contributed by atoms with van der Waals surface area (Å²) in [6, 6.07) is 12.0. The summed E-state index contributed by atoms with van der Waals surface area (Å²) in [6.45, 7) is 4.26. The Hall–Kier alpha value is -2.01. The molecule has 1 aromatic heterocycles. The predicted molar refractivity (Wildman–Crippen MR) is 86.7 cm³/mol. The Kier molecular flexibility index (Phi) is 5.22. The molecule has 2 rings (SSSR count). The van der Waals surface area contributed by atoms with Gasteiger partial charge in [0.15, 0.2) is 6.61 Å². The highest BCUT2D eigenvalue weighted by molar-refractivity contribution is 7.10. The summed E-state index contributed by atoms with van der Waals surface area (Å²) in [7, 11) is 0. The number of hydrogen-bond acceptors (Lipinski definition) is 4. The lowest BCUT2D eigenvalue weighted by atomic mass is 10.0. The molecule has 1 heterocycles. The highest BCUT2D eigenvalue weighted by atomic mass is 32.1. The van der Waals surface area contributed by atoms with Gasteiger partial charge in [0.05, 0.1) is 6.04 Å². The molecule has 0 saturated heterocycles. The zero-order valence-electron chi connectivity index (χ0n) is 12.2. The molecule has 4 nitrogen and oxygen atoms in total. The number of carbonyl (C=O) groups is 1. The maximum absolute atomic E-state index is 10.8. The van der Waals surface area contributed by atoms with Crippen LogP contribution in [0.25, 0.3) is 0 Å². The first-order valence-electron chi connectivity index (χ1n) is 6.87. The number of benzene rings is 1. The normalized spacial score (nSPS) is 12.1. The number of hydrogen-bond donors (Lipinski definition) is 2. The Balaban J connectivity index is 2.10. The summed E-state index contributed by atoms with van der Waals surface area (Å²) in [5, 5.41) is 5.61. The number of nitrogens with one attached hydrogen (secondary N) is 1. The second-order valence-electron chi connectivity index (χ2n) is 5.16. The minimum Gasteiger partial charge on any atom is -0.484 e. The molecular formula is C16H20N2O2S. The van der Waals surface area contributed by atoms with Crippen molar-refractivity contribution in [2.75, 3.05) is 11.9 Å². The molecule has 0 spiro atoms. The quantitative estimate of drug-likeness (QED) is 0.823. The highest BCUT2D eigenvalue weighted by Gasteiger charge is 2.16. The van der Waals surface area contributed by atoms with Crippen molar-refractivity contribution >= 4 is 22.9 Å². The van der Waals surface area contributed by atoms with E-state index in [4.69, 9.17) is 10.5 Å². The fourth-order valence-electron chi connectivity index (χ4n) is 2.04. The lowest BCUT2D eigenvalue weighted by Gasteiger charge is -2.22. The van der Waals surface area contributed by atoms with Crippen LogP contribution in [0.1, 0.15) is 24.8 Å². The first-order chi connectivity index (χ1) is 10.1. The van der Waals surface area contributed by atoms with Crippen LogP contribution in [0.5, 0.6) is 5.75 Å². The summed E-state index contributed by atoms with van der Waals surface area (Å²) < 4.78 is 5.33. The molecule has 1 aromatic carbocycles. The van der Waals surface area contributed by atoms with E-state index in [1.54, 1.807) is 11.3 Å². The standard InChI is InChI=1S/C16H20N2O2S/c1-11(2)16(14-7-4-8-21-14)18-12-5-3-6-13(9-12)20-10-15(17)19/h3-9,11,16,18H,10H2,1-2H3,(H2,17,19). The van der Waals surface area contributed by atoms with E-state index < -0.39 is 5.91 Å². The number of carbonyl (C=O) groups excluding carboxylic acids is 1. The number of anilines is 1. The molecule has 1 atom stereocenters. The smallest absolute Gasteiger partial charge is 0.255 e. The molecule has 112 valence electrons. The van der Waals surface area contributed by atoms with Gasteiger partial charge in [-0.25, -0.2) is 0 Å². The van der Waals surface area contributed by atoms with E-state index in [2.05, 4.69) is 36.7 Å². The van der Waals surface area contributed by atoms with Gasteiger partial charge in [0.1, 0.15) is 5.75 Å². The summed E-state index contributed by atoms with van der Waals surface area (Å²) in [5.41, 5.74) is 6.05. The molecule has 0 aliphatic carbocycles. The van der Waals surface area contributed by atoms with E-state index in [1.807, 2.05) is 24.3 Å². The molecule has 1 amide bonds. The minimum absolute atomic E-state index is 0.109. The third-order valence-corrected chi connectivity index (χ3v) is 4.01. The maximum atomic E-state index is 10.8. The molecule has 0 bridgehead atoms. The van der Waals surface area contributed by atoms with Crippen molar-refractivity contribution in [2.45, 2.75) is 19.9 Å². The van der Waals surface area contributed by atoms with E-state index in [0.717, 1.165) is 5.69 Å². The van der Waals surface area contributed by atoms with Crippen LogP contribution >= 0.6 is 11.3 Å². The molecule has 3 N–H and O–H groups in total. The lowest BCUT2D eigenvalue weighted by Crippen LogP contribution is -2.20. The Morgan fingerprint density at radius 3 is 2.76 bits per heavy atom.